The van der Waals surface area contributed by atoms with E-state index in [1.165, 1.54) is 7.11 Å². The molecule has 0 atom stereocenters. The quantitative estimate of drug-likeness (QED) is 0.538. The Morgan fingerprint density at radius 3 is 2.47 bits per heavy atom. The van der Waals surface area contributed by atoms with Gasteiger partial charge in [-0.3, -0.25) is 4.79 Å². The molecule has 0 unspecified atom stereocenters. The van der Waals surface area contributed by atoms with Crippen molar-refractivity contribution in [1.82, 2.24) is 14.8 Å². The van der Waals surface area contributed by atoms with Gasteiger partial charge in [0.05, 0.1) is 25.5 Å². The van der Waals surface area contributed by atoms with E-state index in [0.29, 0.717) is 28.7 Å². The molecule has 0 fully saturated rings. The lowest BCUT2D eigenvalue weighted by molar-refractivity contribution is 0.102. The summed E-state index contributed by atoms with van der Waals surface area (Å²) in [5.41, 5.74) is 2.97. The van der Waals surface area contributed by atoms with Gasteiger partial charge in [0.1, 0.15) is 22.8 Å². The summed E-state index contributed by atoms with van der Waals surface area (Å²) >= 11 is 0. The van der Waals surface area contributed by atoms with Crippen LogP contribution in [0.1, 0.15) is 21.6 Å². The molecule has 2 aromatic heterocycles. The zero-order valence-corrected chi connectivity index (χ0v) is 17.3. The summed E-state index contributed by atoms with van der Waals surface area (Å²) < 4.78 is 12.4. The van der Waals surface area contributed by atoms with E-state index in [4.69, 9.17) is 14.5 Å². The number of aryl methyl sites for hydroxylation is 2. The molecule has 0 aliphatic carbocycles. The number of anilines is 1. The Morgan fingerprint density at radius 1 is 0.967 bits per heavy atom. The van der Waals surface area contributed by atoms with Crippen molar-refractivity contribution in [2.75, 3.05) is 19.5 Å². The fourth-order valence-electron chi connectivity index (χ4n) is 3.43. The molecule has 7 heteroatoms. The van der Waals surface area contributed by atoms with Crippen LogP contribution in [0, 0.1) is 13.8 Å². The first-order valence-electron chi connectivity index (χ1n) is 9.47. The summed E-state index contributed by atoms with van der Waals surface area (Å²) in [4.78, 5) is 17.7. The van der Waals surface area contributed by atoms with Crippen LogP contribution in [0.5, 0.6) is 11.5 Å². The minimum atomic E-state index is -0.288. The minimum Gasteiger partial charge on any atom is -0.496 e. The zero-order valence-electron chi connectivity index (χ0n) is 17.3. The molecule has 1 N–H and O–H groups in total. The summed E-state index contributed by atoms with van der Waals surface area (Å²) in [6.45, 7) is 3.88. The molecule has 30 heavy (non-hydrogen) atoms. The Labute approximate surface area is 174 Å². The summed E-state index contributed by atoms with van der Waals surface area (Å²) in [7, 11) is 3.16. The predicted octanol–water partition coefficient (Wildman–Crippen LogP) is 4.31. The molecule has 2 heterocycles. The lowest BCUT2D eigenvalue weighted by atomic mass is 10.1. The maximum Gasteiger partial charge on any atom is 0.260 e. The number of fused-ring (bicyclic) bond motifs is 1. The molecule has 152 valence electrons. The number of carbonyl (C=O) groups is 1. The van der Waals surface area contributed by atoms with Crippen molar-refractivity contribution in [2.45, 2.75) is 13.8 Å². The predicted molar refractivity (Wildman–Crippen MR) is 116 cm³/mol. The molecule has 1 amide bonds. The minimum absolute atomic E-state index is 0.288. The fraction of sp³-hybridized carbons (Fsp3) is 0.174. The first-order chi connectivity index (χ1) is 14.5. The third kappa shape index (κ3) is 3.45. The monoisotopic (exact) mass is 402 g/mol. The Kier molecular flexibility index (Phi) is 5.10. The van der Waals surface area contributed by atoms with E-state index in [9.17, 15) is 4.79 Å². The van der Waals surface area contributed by atoms with Gasteiger partial charge in [0.25, 0.3) is 5.91 Å². The molecular weight excluding hydrogens is 380 g/mol. The number of nitrogens with one attached hydrogen (secondary N) is 1. The Morgan fingerprint density at radius 2 is 1.70 bits per heavy atom. The van der Waals surface area contributed by atoms with Gasteiger partial charge in [0.15, 0.2) is 5.82 Å². The van der Waals surface area contributed by atoms with Crippen LogP contribution in [-0.2, 0) is 0 Å². The van der Waals surface area contributed by atoms with Gasteiger partial charge in [-0.05, 0) is 43.7 Å². The van der Waals surface area contributed by atoms with Gasteiger partial charge in [-0.25, -0.2) is 4.98 Å². The van der Waals surface area contributed by atoms with Gasteiger partial charge < -0.3 is 14.8 Å². The van der Waals surface area contributed by atoms with Crippen molar-refractivity contribution in [1.29, 1.82) is 0 Å². The molecular formula is C23H22N4O3. The van der Waals surface area contributed by atoms with E-state index in [-0.39, 0.29) is 5.91 Å². The molecule has 4 rings (SSSR count). The highest BCUT2D eigenvalue weighted by Gasteiger charge is 2.17. The standard InChI is InChI=1S/C23H22N4O3/c1-14-12-20(24-22-16(14)9-7-11-19(22)30-4)27-21(13-15(2)26-27)25-23(28)17-8-5-6-10-18(17)29-3/h5-13H,1-4H3,(H,25,28). The Bertz CT molecular complexity index is 1250. The van der Waals surface area contributed by atoms with Crippen LogP contribution in [-0.4, -0.2) is 34.9 Å². The van der Waals surface area contributed by atoms with E-state index in [0.717, 1.165) is 22.2 Å². The van der Waals surface area contributed by atoms with Crippen LogP contribution in [0.4, 0.5) is 5.82 Å². The van der Waals surface area contributed by atoms with Crippen molar-refractivity contribution < 1.29 is 14.3 Å². The molecule has 0 bridgehead atoms. The second-order valence-corrected chi connectivity index (χ2v) is 6.89. The van der Waals surface area contributed by atoms with Crippen LogP contribution in [0.3, 0.4) is 0 Å². The van der Waals surface area contributed by atoms with E-state index in [1.807, 2.05) is 44.2 Å². The smallest absolute Gasteiger partial charge is 0.260 e. The number of ether oxygens (including phenoxy) is 2. The number of hydrogen-bond acceptors (Lipinski definition) is 5. The Balaban J connectivity index is 1.78. The number of aromatic nitrogens is 3. The van der Waals surface area contributed by atoms with Crippen molar-refractivity contribution in [3.63, 3.8) is 0 Å². The van der Waals surface area contributed by atoms with E-state index >= 15 is 0 Å². The number of amides is 1. The average molecular weight is 402 g/mol. The number of rotatable bonds is 5. The first-order valence-corrected chi connectivity index (χ1v) is 9.47. The van der Waals surface area contributed by atoms with Gasteiger partial charge in [-0.15, -0.1) is 0 Å². The van der Waals surface area contributed by atoms with E-state index in [2.05, 4.69) is 10.4 Å². The van der Waals surface area contributed by atoms with Crippen LogP contribution >= 0.6 is 0 Å². The summed E-state index contributed by atoms with van der Waals surface area (Å²) in [5.74, 6) is 2.00. The number of pyridine rings is 1. The number of para-hydroxylation sites is 2. The molecule has 4 aromatic rings. The summed E-state index contributed by atoms with van der Waals surface area (Å²) in [5, 5.41) is 8.47. The van der Waals surface area contributed by atoms with E-state index < -0.39 is 0 Å². The average Bonchev–Trinajstić information content (AvgIpc) is 3.13. The van der Waals surface area contributed by atoms with Crippen LogP contribution in [0.2, 0.25) is 0 Å². The summed E-state index contributed by atoms with van der Waals surface area (Å²) in [6.07, 6.45) is 0. The maximum atomic E-state index is 12.9. The second-order valence-electron chi connectivity index (χ2n) is 6.89. The topological polar surface area (TPSA) is 78.3 Å². The molecule has 0 spiro atoms. The molecule has 2 aromatic carbocycles. The van der Waals surface area contributed by atoms with E-state index in [1.54, 1.807) is 36.1 Å². The third-order valence-electron chi connectivity index (χ3n) is 4.86. The zero-order chi connectivity index (χ0) is 21.3. The van der Waals surface area contributed by atoms with Crippen molar-refractivity contribution in [2.24, 2.45) is 0 Å². The van der Waals surface area contributed by atoms with Gasteiger partial charge in [-0.1, -0.05) is 24.3 Å². The molecule has 0 saturated carbocycles. The molecule has 0 radical (unpaired) electrons. The van der Waals surface area contributed by atoms with Crippen LogP contribution < -0.4 is 14.8 Å². The fourth-order valence-corrected chi connectivity index (χ4v) is 3.43. The number of carbonyl (C=O) groups excluding carboxylic acids is 1. The number of benzene rings is 2. The highest BCUT2D eigenvalue weighted by molar-refractivity contribution is 6.06. The lowest BCUT2D eigenvalue weighted by Crippen LogP contribution is -2.16. The van der Waals surface area contributed by atoms with Crippen LogP contribution in [0.15, 0.2) is 54.6 Å². The number of methoxy groups -OCH3 is 2. The highest BCUT2D eigenvalue weighted by atomic mass is 16.5. The van der Waals surface area contributed by atoms with Crippen molar-refractivity contribution in [3.05, 3.63) is 71.4 Å². The largest absolute Gasteiger partial charge is 0.496 e. The van der Waals surface area contributed by atoms with Gasteiger partial charge in [0, 0.05) is 11.5 Å². The SMILES string of the molecule is COc1ccccc1C(=O)Nc1cc(C)nn1-c1cc(C)c2cccc(OC)c2n1. The number of nitrogens with zero attached hydrogens (tertiary/aromatic N) is 3. The molecule has 0 aliphatic heterocycles. The van der Waals surface area contributed by atoms with Gasteiger partial charge >= 0.3 is 0 Å². The highest BCUT2D eigenvalue weighted by Crippen LogP contribution is 2.29. The number of hydrogen-bond donors (Lipinski definition) is 1. The van der Waals surface area contributed by atoms with Gasteiger partial charge in [-0.2, -0.15) is 9.78 Å². The first kappa shape index (κ1) is 19.4. The maximum absolute atomic E-state index is 12.9. The lowest BCUT2D eigenvalue weighted by Gasteiger charge is -2.13. The van der Waals surface area contributed by atoms with Crippen LogP contribution in [0.25, 0.3) is 16.7 Å². The summed E-state index contributed by atoms with van der Waals surface area (Å²) in [6, 6.07) is 16.6. The third-order valence-corrected chi connectivity index (χ3v) is 4.86. The second kappa shape index (κ2) is 7.87. The van der Waals surface area contributed by atoms with Gasteiger partial charge in [0.2, 0.25) is 0 Å². The van der Waals surface area contributed by atoms with Crippen molar-refractivity contribution >= 4 is 22.6 Å². The van der Waals surface area contributed by atoms with Crippen molar-refractivity contribution in [3.8, 4) is 17.3 Å². The molecule has 0 saturated heterocycles. The normalized spacial score (nSPS) is 10.8. The molecule has 7 nitrogen and oxygen atoms in total. The Hall–Kier alpha value is -3.87. The molecule has 0 aliphatic rings.